The van der Waals surface area contributed by atoms with E-state index in [1.54, 1.807) is 17.8 Å². The average molecular weight is 341 g/mol. The topological polar surface area (TPSA) is 58.3 Å². The summed E-state index contributed by atoms with van der Waals surface area (Å²) in [5.41, 5.74) is 1.05. The molecule has 1 aromatic heterocycles. The molecule has 1 heterocycles. The first-order valence-corrected chi connectivity index (χ1v) is 7.45. The van der Waals surface area contributed by atoms with E-state index in [-0.39, 0.29) is 0 Å². The maximum absolute atomic E-state index is 6.04. The number of nitrogens with one attached hydrogen (secondary N) is 1. The number of aliphatic imine (C=N–C) groups is 1. The van der Waals surface area contributed by atoms with Crippen LogP contribution in [-0.4, -0.2) is 39.7 Å². The fraction of sp³-hybridized carbons (Fsp3) is 0.357. The maximum atomic E-state index is 6.04. The Morgan fingerprint density at radius 3 is 2.73 bits per heavy atom. The first-order valence-electron chi connectivity index (χ1n) is 6.70. The molecule has 0 amide bonds. The maximum Gasteiger partial charge on any atom is 0.194 e. The van der Waals surface area contributed by atoms with Crippen molar-refractivity contribution >= 4 is 29.2 Å². The van der Waals surface area contributed by atoms with Crippen LogP contribution in [-0.2, 0) is 20.1 Å². The minimum absolute atomic E-state index is 0.550. The molecular formula is C14H18Cl2N6. The molecule has 118 valence electrons. The van der Waals surface area contributed by atoms with Gasteiger partial charge in [0.15, 0.2) is 5.96 Å². The Balaban J connectivity index is 1.98. The zero-order valence-corrected chi connectivity index (χ0v) is 14.2. The van der Waals surface area contributed by atoms with Gasteiger partial charge in [-0.05, 0) is 17.7 Å². The summed E-state index contributed by atoms with van der Waals surface area (Å²) in [6.45, 7) is 1.21. The lowest BCUT2D eigenvalue weighted by molar-refractivity contribution is 0.474. The quantitative estimate of drug-likeness (QED) is 0.685. The van der Waals surface area contributed by atoms with Crippen LogP contribution in [0, 0.1) is 0 Å². The standard InChI is InChI=1S/C14H18Cl2N6/c1-17-14(18-7-13-19-9-20-22(13)3)21(2)8-10-4-5-11(15)12(16)6-10/h4-6,9H,7-8H2,1-3H3,(H,17,18). The minimum atomic E-state index is 0.550. The van der Waals surface area contributed by atoms with E-state index >= 15 is 0 Å². The summed E-state index contributed by atoms with van der Waals surface area (Å²) < 4.78 is 1.72. The number of aryl methyl sites for hydroxylation is 1. The lowest BCUT2D eigenvalue weighted by atomic mass is 10.2. The summed E-state index contributed by atoms with van der Waals surface area (Å²) in [4.78, 5) is 10.4. The highest BCUT2D eigenvalue weighted by Gasteiger charge is 2.09. The summed E-state index contributed by atoms with van der Waals surface area (Å²) in [5, 5.41) is 8.39. The molecule has 0 unspecified atom stereocenters. The van der Waals surface area contributed by atoms with Crippen LogP contribution in [0.5, 0.6) is 0 Å². The van der Waals surface area contributed by atoms with Crippen molar-refractivity contribution in [3.05, 3.63) is 46.0 Å². The van der Waals surface area contributed by atoms with Crippen LogP contribution in [0.25, 0.3) is 0 Å². The smallest absolute Gasteiger partial charge is 0.194 e. The molecule has 0 saturated carbocycles. The molecule has 0 aliphatic heterocycles. The molecule has 8 heteroatoms. The molecule has 1 aromatic carbocycles. The second kappa shape index (κ2) is 7.47. The van der Waals surface area contributed by atoms with Crippen LogP contribution in [0.4, 0.5) is 0 Å². The molecule has 0 spiro atoms. The van der Waals surface area contributed by atoms with Crippen molar-refractivity contribution in [2.75, 3.05) is 14.1 Å². The van der Waals surface area contributed by atoms with Crippen LogP contribution >= 0.6 is 23.2 Å². The second-order valence-electron chi connectivity index (χ2n) is 4.81. The Hall–Kier alpha value is -1.79. The van der Waals surface area contributed by atoms with Crippen molar-refractivity contribution in [2.24, 2.45) is 12.0 Å². The zero-order valence-electron chi connectivity index (χ0n) is 12.7. The predicted molar refractivity (Wildman–Crippen MR) is 89.1 cm³/mol. The molecule has 6 nitrogen and oxygen atoms in total. The number of aromatic nitrogens is 3. The summed E-state index contributed by atoms with van der Waals surface area (Å²) in [5.74, 6) is 1.60. The number of hydrogen-bond acceptors (Lipinski definition) is 3. The van der Waals surface area contributed by atoms with Crippen LogP contribution in [0.2, 0.25) is 10.0 Å². The zero-order chi connectivity index (χ0) is 16.1. The lowest BCUT2D eigenvalue weighted by Crippen LogP contribution is -2.38. The number of rotatable bonds is 4. The van der Waals surface area contributed by atoms with Crippen LogP contribution in [0.15, 0.2) is 29.5 Å². The summed E-state index contributed by atoms with van der Waals surface area (Å²) >= 11 is 12.0. The molecule has 0 saturated heterocycles. The van der Waals surface area contributed by atoms with E-state index in [0.717, 1.165) is 17.3 Å². The van der Waals surface area contributed by atoms with E-state index in [4.69, 9.17) is 23.2 Å². The molecule has 2 rings (SSSR count). The average Bonchev–Trinajstić information content (AvgIpc) is 2.89. The fourth-order valence-corrected chi connectivity index (χ4v) is 2.33. The number of hydrogen-bond donors (Lipinski definition) is 1. The van der Waals surface area contributed by atoms with Gasteiger partial charge in [-0.1, -0.05) is 29.3 Å². The number of nitrogens with zero attached hydrogens (tertiary/aromatic N) is 5. The first kappa shape index (κ1) is 16.6. The van der Waals surface area contributed by atoms with Crippen LogP contribution in [0.3, 0.4) is 0 Å². The van der Waals surface area contributed by atoms with Gasteiger partial charge in [0.1, 0.15) is 12.2 Å². The largest absolute Gasteiger partial charge is 0.349 e. The van der Waals surface area contributed by atoms with Crippen molar-refractivity contribution in [1.82, 2.24) is 25.0 Å². The molecule has 0 radical (unpaired) electrons. The SMILES string of the molecule is CN=C(NCc1ncnn1C)N(C)Cc1ccc(Cl)c(Cl)c1. The van der Waals surface area contributed by atoms with Gasteiger partial charge in [0.05, 0.1) is 16.6 Å². The highest BCUT2D eigenvalue weighted by molar-refractivity contribution is 6.42. The molecule has 0 aliphatic rings. The molecule has 1 N–H and O–H groups in total. The molecule has 0 atom stereocenters. The molecule has 2 aromatic rings. The second-order valence-corrected chi connectivity index (χ2v) is 5.62. The van der Waals surface area contributed by atoms with E-state index in [1.807, 2.05) is 31.1 Å². The molecular weight excluding hydrogens is 323 g/mol. The highest BCUT2D eigenvalue weighted by Crippen LogP contribution is 2.23. The fourth-order valence-electron chi connectivity index (χ4n) is 2.01. The molecule has 0 fully saturated rings. The summed E-state index contributed by atoms with van der Waals surface area (Å²) in [7, 11) is 5.55. The van der Waals surface area contributed by atoms with Gasteiger partial charge in [0.25, 0.3) is 0 Å². The Morgan fingerprint density at radius 2 is 2.14 bits per heavy atom. The molecule has 22 heavy (non-hydrogen) atoms. The Labute approximate surface area is 139 Å². The predicted octanol–water partition coefficient (Wildman–Crippen LogP) is 2.33. The van der Waals surface area contributed by atoms with Gasteiger partial charge in [-0.2, -0.15) is 5.10 Å². The lowest BCUT2D eigenvalue weighted by Gasteiger charge is -2.22. The first-order chi connectivity index (χ1) is 10.5. The Kier molecular flexibility index (Phi) is 5.63. The number of halogens is 2. The van der Waals surface area contributed by atoms with Crippen molar-refractivity contribution in [2.45, 2.75) is 13.1 Å². The van der Waals surface area contributed by atoms with Crippen LogP contribution in [0.1, 0.15) is 11.4 Å². The van der Waals surface area contributed by atoms with E-state index in [9.17, 15) is 0 Å². The third kappa shape index (κ3) is 4.11. The highest BCUT2D eigenvalue weighted by atomic mass is 35.5. The van der Waals surface area contributed by atoms with E-state index in [1.165, 1.54) is 6.33 Å². The van der Waals surface area contributed by atoms with Gasteiger partial charge < -0.3 is 10.2 Å². The number of guanidine groups is 1. The normalized spacial score (nSPS) is 11.6. The van der Waals surface area contributed by atoms with Crippen molar-refractivity contribution < 1.29 is 0 Å². The van der Waals surface area contributed by atoms with Gasteiger partial charge in [0, 0.05) is 27.7 Å². The van der Waals surface area contributed by atoms with Gasteiger partial charge in [-0.15, -0.1) is 0 Å². The van der Waals surface area contributed by atoms with Gasteiger partial charge in [-0.25, -0.2) is 4.98 Å². The Bertz CT molecular complexity index is 667. The van der Waals surface area contributed by atoms with E-state index < -0.39 is 0 Å². The Morgan fingerprint density at radius 1 is 1.36 bits per heavy atom. The summed E-state index contributed by atoms with van der Waals surface area (Å²) in [6.07, 6.45) is 1.53. The van der Waals surface area contributed by atoms with Crippen molar-refractivity contribution in [3.8, 4) is 0 Å². The third-order valence-electron chi connectivity index (χ3n) is 3.19. The van der Waals surface area contributed by atoms with E-state index in [2.05, 4.69) is 20.4 Å². The van der Waals surface area contributed by atoms with Gasteiger partial charge >= 0.3 is 0 Å². The summed E-state index contributed by atoms with van der Waals surface area (Å²) in [6, 6.07) is 5.60. The molecule has 0 aliphatic carbocycles. The van der Waals surface area contributed by atoms with Gasteiger partial charge in [0.2, 0.25) is 0 Å². The monoisotopic (exact) mass is 340 g/mol. The third-order valence-corrected chi connectivity index (χ3v) is 3.93. The van der Waals surface area contributed by atoms with Gasteiger partial charge in [-0.3, -0.25) is 9.67 Å². The van der Waals surface area contributed by atoms with Crippen molar-refractivity contribution in [3.63, 3.8) is 0 Å². The molecule has 0 bridgehead atoms. The van der Waals surface area contributed by atoms with Crippen LogP contribution < -0.4 is 5.32 Å². The van der Waals surface area contributed by atoms with E-state index in [0.29, 0.717) is 23.1 Å². The minimum Gasteiger partial charge on any atom is -0.349 e. The number of benzene rings is 1. The van der Waals surface area contributed by atoms with Crippen molar-refractivity contribution in [1.29, 1.82) is 0 Å².